The van der Waals surface area contributed by atoms with Crippen molar-refractivity contribution in [1.82, 2.24) is 4.98 Å². The summed E-state index contributed by atoms with van der Waals surface area (Å²) in [4.78, 5) is 4.22. The summed E-state index contributed by atoms with van der Waals surface area (Å²) in [6.07, 6.45) is 2.76. The highest BCUT2D eigenvalue weighted by Gasteiger charge is 2.45. The number of pyridine rings is 1. The summed E-state index contributed by atoms with van der Waals surface area (Å²) >= 11 is 3.46. The van der Waals surface area contributed by atoms with Crippen LogP contribution in [0.1, 0.15) is 34.1 Å². The molecule has 1 fully saturated rings. The van der Waals surface area contributed by atoms with Gasteiger partial charge in [-0.3, -0.25) is 0 Å². The summed E-state index contributed by atoms with van der Waals surface area (Å²) in [5, 5.41) is 3.52. The van der Waals surface area contributed by atoms with Crippen LogP contribution in [0.3, 0.4) is 0 Å². The predicted octanol–water partition coefficient (Wildman–Crippen LogP) is 3.60. The highest BCUT2D eigenvalue weighted by Crippen LogP contribution is 2.39. The van der Waals surface area contributed by atoms with E-state index >= 15 is 0 Å². The first-order chi connectivity index (χ1) is 7.80. The van der Waals surface area contributed by atoms with Crippen LogP contribution < -0.4 is 5.32 Å². The fourth-order valence-corrected chi connectivity index (χ4v) is 2.83. The van der Waals surface area contributed by atoms with Crippen LogP contribution in [0.4, 0.5) is 5.69 Å². The fourth-order valence-electron chi connectivity index (χ4n) is 2.47. The molecule has 3 nitrogen and oxygen atoms in total. The number of nitrogens with one attached hydrogen (secondary N) is 1. The van der Waals surface area contributed by atoms with Crippen molar-refractivity contribution in [1.29, 1.82) is 0 Å². The second-order valence-electron chi connectivity index (χ2n) is 5.71. The van der Waals surface area contributed by atoms with Crippen molar-refractivity contribution < 1.29 is 4.74 Å². The molecule has 1 N–H and O–H groups in total. The van der Waals surface area contributed by atoms with Gasteiger partial charge in [-0.25, -0.2) is 4.98 Å². The Bertz CT molecular complexity index is 418. The molecule has 1 unspecified atom stereocenters. The lowest BCUT2D eigenvalue weighted by atomic mass is 9.94. The molecule has 1 aliphatic heterocycles. The lowest BCUT2D eigenvalue weighted by molar-refractivity contribution is -0.0662. The maximum absolute atomic E-state index is 6.06. The van der Waals surface area contributed by atoms with Crippen molar-refractivity contribution in [3.05, 3.63) is 22.9 Å². The molecular weight excluding hydrogens is 280 g/mol. The Morgan fingerprint density at radius 1 is 1.41 bits per heavy atom. The van der Waals surface area contributed by atoms with Crippen molar-refractivity contribution in [2.45, 2.75) is 51.4 Å². The van der Waals surface area contributed by atoms with E-state index in [4.69, 9.17) is 4.74 Å². The number of anilines is 1. The van der Waals surface area contributed by atoms with Crippen molar-refractivity contribution in [2.75, 3.05) is 5.32 Å². The Kier molecular flexibility index (Phi) is 3.21. The van der Waals surface area contributed by atoms with E-state index in [-0.39, 0.29) is 17.2 Å². The third-order valence-corrected chi connectivity index (χ3v) is 3.79. The highest BCUT2D eigenvalue weighted by atomic mass is 79.9. The van der Waals surface area contributed by atoms with Gasteiger partial charge in [-0.2, -0.15) is 0 Å². The third kappa shape index (κ3) is 2.80. The quantitative estimate of drug-likeness (QED) is 0.847. The summed E-state index contributed by atoms with van der Waals surface area (Å²) in [7, 11) is 0. The normalized spacial score (nSPS) is 25.8. The van der Waals surface area contributed by atoms with Crippen LogP contribution in [0.2, 0.25) is 0 Å². The van der Waals surface area contributed by atoms with Crippen LogP contribution in [-0.2, 0) is 4.74 Å². The molecule has 1 atom stereocenters. The van der Waals surface area contributed by atoms with Gasteiger partial charge in [0.1, 0.15) is 4.60 Å². The van der Waals surface area contributed by atoms with Crippen LogP contribution in [0.5, 0.6) is 0 Å². The number of nitrogens with zero attached hydrogens (tertiary/aromatic N) is 1. The van der Waals surface area contributed by atoms with Crippen LogP contribution in [-0.4, -0.2) is 22.2 Å². The lowest BCUT2D eigenvalue weighted by Crippen LogP contribution is -2.38. The van der Waals surface area contributed by atoms with E-state index in [9.17, 15) is 0 Å². The van der Waals surface area contributed by atoms with Crippen molar-refractivity contribution in [2.24, 2.45) is 0 Å². The molecule has 0 aliphatic carbocycles. The molecule has 1 aromatic rings. The second-order valence-corrected chi connectivity index (χ2v) is 6.46. The number of ether oxygens (including phenoxy) is 1. The smallest absolute Gasteiger partial charge is 0.129 e. The molecular formula is C13H19BrN2O. The van der Waals surface area contributed by atoms with Crippen molar-refractivity contribution in [3.63, 3.8) is 0 Å². The zero-order valence-corrected chi connectivity index (χ0v) is 12.3. The van der Waals surface area contributed by atoms with E-state index < -0.39 is 0 Å². The predicted molar refractivity (Wildman–Crippen MR) is 73.2 cm³/mol. The average Bonchev–Trinajstić information content (AvgIpc) is 2.38. The number of halogens is 1. The Hall–Kier alpha value is -0.610. The van der Waals surface area contributed by atoms with Crippen LogP contribution in [0.15, 0.2) is 22.9 Å². The molecule has 0 radical (unpaired) electrons. The molecule has 17 heavy (non-hydrogen) atoms. The SMILES string of the molecule is CC1(C)CC(Nc2cccnc2Br)C(C)(C)O1. The van der Waals surface area contributed by atoms with E-state index in [0.717, 1.165) is 16.7 Å². The summed E-state index contributed by atoms with van der Waals surface area (Å²) in [6, 6.07) is 4.25. The first kappa shape index (κ1) is 12.8. The molecule has 0 saturated carbocycles. The summed E-state index contributed by atoms with van der Waals surface area (Å²) in [6.45, 7) is 8.52. The molecule has 2 heterocycles. The van der Waals surface area contributed by atoms with Gasteiger partial charge >= 0.3 is 0 Å². The second kappa shape index (κ2) is 4.25. The Balaban J connectivity index is 2.17. The Morgan fingerprint density at radius 3 is 2.65 bits per heavy atom. The van der Waals surface area contributed by atoms with E-state index in [1.54, 1.807) is 6.20 Å². The molecule has 94 valence electrons. The maximum Gasteiger partial charge on any atom is 0.129 e. The standard InChI is InChI=1S/C13H19BrN2O/c1-12(2)8-10(13(3,4)17-12)16-9-6-5-7-15-11(9)14/h5-7,10,16H,8H2,1-4H3. The molecule has 0 bridgehead atoms. The van der Waals surface area contributed by atoms with Gasteiger partial charge in [0.2, 0.25) is 0 Å². The zero-order chi connectivity index (χ0) is 12.7. The minimum absolute atomic E-state index is 0.0736. The van der Waals surface area contributed by atoms with Crippen LogP contribution in [0, 0.1) is 0 Å². The van der Waals surface area contributed by atoms with Gasteiger partial charge in [0.15, 0.2) is 0 Å². The van der Waals surface area contributed by atoms with Gasteiger partial charge in [0.25, 0.3) is 0 Å². The molecule has 0 amide bonds. The summed E-state index contributed by atoms with van der Waals surface area (Å²) in [5.74, 6) is 0. The monoisotopic (exact) mass is 298 g/mol. The summed E-state index contributed by atoms with van der Waals surface area (Å²) < 4.78 is 6.91. The molecule has 0 spiro atoms. The van der Waals surface area contributed by atoms with Crippen molar-refractivity contribution >= 4 is 21.6 Å². The largest absolute Gasteiger partial charge is 0.377 e. The van der Waals surface area contributed by atoms with E-state index in [1.165, 1.54) is 0 Å². The molecule has 4 heteroatoms. The Morgan fingerprint density at radius 2 is 2.12 bits per heavy atom. The van der Waals surface area contributed by atoms with Crippen LogP contribution in [0.25, 0.3) is 0 Å². The summed E-state index contributed by atoms with van der Waals surface area (Å²) in [5.41, 5.74) is 0.779. The van der Waals surface area contributed by atoms with Gasteiger partial charge in [-0.05, 0) is 62.2 Å². The Labute approximate surface area is 111 Å². The van der Waals surface area contributed by atoms with Gasteiger partial charge < -0.3 is 10.1 Å². The zero-order valence-electron chi connectivity index (χ0n) is 10.7. The van der Waals surface area contributed by atoms with E-state index in [2.05, 4.69) is 53.9 Å². The van der Waals surface area contributed by atoms with Gasteiger partial charge in [-0.15, -0.1) is 0 Å². The highest BCUT2D eigenvalue weighted by molar-refractivity contribution is 9.10. The van der Waals surface area contributed by atoms with Crippen molar-refractivity contribution in [3.8, 4) is 0 Å². The molecule has 1 aromatic heterocycles. The van der Waals surface area contributed by atoms with E-state index in [1.807, 2.05) is 12.1 Å². The minimum Gasteiger partial charge on any atom is -0.377 e. The average molecular weight is 299 g/mol. The molecule has 0 aromatic carbocycles. The number of hydrogen-bond acceptors (Lipinski definition) is 3. The molecule has 1 aliphatic rings. The fraction of sp³-hybridized carbons (Fsp3) is 0.615. The van der Waals surface area contributed by atoms with E-state index in [0.29, 0.717) is 0 Å². The first-order valence-corrected chi connectivity index (χ1v) is 6.67. The maximum atomic E-state index is 6.06. The minimum atomic E-state index is -0.168. The van der Waals surface area contributed by atoms with Crippen LogP contribution >= 0.6 is 15.9 Å². The topological polar surface area (TPSA) is 34.2 Å². The molecule has 2 rings (SSSR count). The number of hydrogen-bond donors (Lipinski definition) is 1. The first-order valence-electron chi connectivity index (χ1n) is 5.87. The van der Waals surface area contributed by atoms with Gasteiger partial charge in [0, 0.05) is 6.20 Å². The third-order valence-electron chi connectivity index (χ3n) is 3.16. The lowest BCUT2D eigenvalue weighted by Gasteiger charge is -2.28. The number of rotatable bonds is 2. The molecule has 1 saturated heterocycles. The van der Waals surface area contributed by atoms with Gasteiger partial charge in [0.05, 0.1) is 22.9 Å². The number of aromatic nitrogens is 1. The van der Waals surface area contributed by atoms with Gasteiger partial charge in [-0.1, -0.05) is 0 Å².